The molecule has 21 heavy (non-hydrogen) atoms. The van der Waals surface area contributed by atoms with Crippen molar-refractivity contribution < 1.29 is 4.79 Å². The Bertz CT molecular complexity index is 220. The van der Waals surface area contributed by atoms with Gasteiger partial charge in [0.1, 0.15) is 6.29 Å². The minimum atomic E-state index is 0.711. The van der Waals surface area contributed by atoms with Crippen LogP contribution in [-0.4, -0.2) is 6.29 Å². The molecule has 0 amide bonds. The lowest BCUT2D eigenvalue weighted by Crippen LogP contribution is -1.82. The van der Waals surface area contributed by atoms with Crippen molar-refractivity contribution >= 4 is 6.29 Å². The SMILES string of the molecule is CCCCCCCCCCCCCCC=CCCCC=O. The Morgan fingerprint density at radius 1 is 0.524 bits per heavy atom. The molecular formula is C20H38O. The first-order valence-electron chi connectivity index (χ1n) is 9.50. The van der Waals surface area contributed by atoms with Crippen LogP contribution in [0.2, 0.25) is 0 Å². The van der Waals surface area contributed by atoms with Gasteiger partial charge in [-0.2, -0.15) is 0 Å². The van der Waals surface area contributed by atoms with Crippen LogP contribution in [0.25, 0.3) is 0 Å². The molecule has 0 saturated carbocycles. The number of carbonyl (C=O) groups excluding carboxylic acids is 1. The van der Waals surface area contributed by atoms with Crippen LogP contribution in [0.15, 0.2) is 12.2 Å². The van der Waals surface area contributed by atoms with Crippen molar-refractivity contribution in [1.82, 2.24) is 0 Å². The third-order valence-corrected chi connectivity index (χ3v) is 4.08. The van der Waals surface area contributed by atoms with Gasteiger partial charge in [0.05, 0.1) is 0 Å². The molecule has 0 aromatic heterocycles. The highest BCUT2D eigenvalue weighted by Crippen LogP contribution is 2.12. The van der Waals surface area contributed by atoms with Crippen molar-refractivity contribution in [3.63, 3.8) is 0 Å². The summed E-state index contributed by atoms with van der Waals surface area (Å²) in [6, 6.07) is 0. The van der Waals surface area contributed by atoms with E-state index in [1.165, 1.54) is 83.5 Å². The summed E-state index contributed by atoms with van der Waals surface area (Å²) in [7, 11) is 0. The van der Waals surface area contributed by atoms with E-state index in [1.54, 1.807) is 0 Å². The van der Waals surface area contributed by atoms with E-state index in [0.29, 0.717) is 6.42 Å². The van der Waals surface area contributed by atoms with E-state index in [4.69, 9.17) is 0 Å². The molecule has 0 aromatic rings. The Kier molecular flexibility index (Phi) is 18.9. The highest BCUT2D eigenvalue weighted by molar-refractivity contribution is 5.48. The van der Waals surface area contributed by atoms with E-state index < -0.39 is 0 Å². The Labute approximate surface area is 133 Å². The van der Waals surface area contributed by atoms with E-state index in [1.807, 2.05) is 0 Å². The molecule has 0 radical (unpaired) electrons. The molecule has 0 rings (SSSR count). The highest BCUT2D eigenvalue weighted by Gasteiger charge is 1.92. The minimum Gasteiger partial charge on any atom is -0.303 e. The summed E-state index contributed by atoms with van der Waals surface area (Å²) in [5, 5.41) is 0. The molecule has 0 aliphatic carbocycles. The summed E-state index contributed by atoms with van der Waals surface area (Å²) in [6.07, 6.45) is 26.6. The second kappa shape index (κ2) is 19.4. The molecule has 0 unspecified atom stereocenters. The molecule has 1 nitrogen and oxygen atoms in total. The predicted octanol–water partition coefficient (Wildman–Crippen LogP) is 7.00. The first-order valence-corrected chi connectivity index (χ1v) is 9.50. The first-order chi connectivity index (χ1) is 10.4. The molecule has 0 atom stereocenters. The van der Waals surface area contributed by atoms with Crippen LogP contribution in [0.5, 0.6) is 0 Å². The molecule has 0 bridgehead atoms. The monoisotopic (exact) mass is 294 g/mol. The molecule has 1 heteroatoms. The van der Waals surface area contributed by atoms with Crippen LogP contribution in [0, 0.1) is 0 Å². The maximum Gasteiger partial charge on any atom is 0.120 e. The van der Waals surface area contributed by atoms with Gasteiger partial charge in [0, 0.05) is 6.42 Å². The average molecular weight is 295 g/mol. The lowest BCUT2D eigenvalue weighted by molar-refractivity contribution is -0.107. The van der Waals surface area contributed by atoms with Crippen LogP contribution in [0.4, 0.5) is 0 Å². The van der Waals surface area contributed by atoms with Crippen molar-refractivity contribution in [1.29, 1.82) is 0 Å². The van der Waals surface area contributed by atoms with Gasteiger partial charge in [0.15, 0.2) is 0 Å². The molecule has 0 aromatic carbocycles. The third-order valence-electron chi connectivity index (χ3n) is 4.08. The van der Waals surface area contributed by atoms with E-state index in [2.05, 4.69) is 19.1 Å². The maximum atomic E-state index is 10.1. The zero-order valence-corrected chi connectivity index (χ0v) is 14.5. The zero-order chi connectivity index (χ0) is 15.4. The molecule has 0 N–H and O–H groups in total. The Balaban J connectivity index is 3.00. The van der Waals surface area contributed by atoms with E-state index in [9.17, 15) is 4.79 Å². The van der Waals surface area contributed by atoms with Crippen molar-refractivity contribution in [3.8, 4) is 0 Å². The Hall–Kier alpha value is -0.590. The smallest absolute Gasteiger partial charge is 0.120 e. The lowest BCUT2D eigenvalue weighted by Gasteiger charge is -2.02. The predicted molar refractivity (Wildman–Crippen MR) is 94.8 cm³/mol. The van der Waals surface area contributed by atoms with Gasteiger partial charge in [-0.3, -0.25) is 0 Å². The summed E-state index contributed by atoms with van der Waals surface area (Å²) in [4.78, 5) is 10.1. The largest absolute Gasteiger partial charge is 0.303 e. The topological polar surface area (TPSA) is 17.1 Å². The normalized spacial score (nSPS) is 11.3. The van der Waals surface area contributed by atoms with Gasteiger partial charge in [-0.1, -0.05) is 89.7 Å². The standard InChI is InChI=1S/C20H38O/c1-2-3-4-5-6-7-8-9-10-11-12-13-14-15-16-17-18-19-20-21/h15-16,20H,2-14,17-19H2,1H3. The fourth-order valence-electron chi connectivity index (χ4n) is 2.66. The average Bonchev–Trinajstić information content (AvgIpc) is 2.50. The number of rotatable bonds is 17. The molecule has 0 fully saturated rings. The summed E-state index contributed by atoms with van der Waals surface area (Å²) in [5.41, 5.74) is 0. The van der Waals surface area contributed by atoms with Gasteiger partial charge in [-0.25, -0.2) is 0 Å². The van der Waals surface area contributed by atoms with E-state index >= 15 is 0 Å². The van der Waals surface area contributed by atoms with Gasteiger partial charge in [0.2, 0.25) is 0 Å². The van der Waals surface area contributed by atoms with Crippen LogP contribution < -0.4 is 0 Å². The molecule has 0 heterocycles. The van der Waals surface area contributed by atoms with E-state index in [-0.39, 0.29) is 0 Å². The van der Waals surface area contributed by atoms with Crippen molar-refractivity contribution in [2.24, 2.45) is 0 Å². The quantitative estimate of drug-likeness (QED) is 0.160. The molecule has 124 valence electrons. The van der Waals surface area contributed by atoms with Gasteiger partial charge < -0.3 is 4.79 Å². The first kappa shape index (κ1) is 20.4. The summed E-state index contributed by atoms with van der Waals surface area (Å²) >= 11 is 0. The van der Waals surface area contributed by atoms with Crippen molar-refractivity contribution in [2.45, 2.75) is 110 Å². The van der Waals surface area contributed by atoms with Gasteiger partial charge in [-0.15, -0.1) is 0 Å². The zero-order valence-electron chi connectivity index (χ0n) is 14.5. The minimum absolute atomic E-state index is 0.711. The van der Waals surface area contributed by atoms with Crippen molar-refractivity contribution in [3.05, 3.63) is 12.2 Å². The number of hydrogen-bond acceptors (Lipinski definition) is 1. The molecule has 0 saturated heterocycles. The third kappa shape index (κ3) is 19.4. The Morgan fingerprint density at radius 2 is 0.952 bits per heavy atom. The molecular weight excluding hydrogens is 256 g/mol. The summed E-state index contributed by atoms with van der Waals surface area (Å²) in [6.45, 7) is 2.28. The second-order valence-electron chi connectivity index (χ2n) is 6.25. The Morgan fingerprint density at radius 3 is 1.43 bits per heavy atom. The fraction of sp³-hybridized carbons (Fsp3) is 0.850. The number of allylic oxidation sites excluding steroid dienone is 2. The lowest BCUT2D eigenvalue weighted by atomic mass is 10.0. The van der Waals surface area contributed by atoms with Gasteiger partial charge in [-0.05, 0) is 25.7 Å². The van der Waals surface area contributed by atoms with Crippen LogP contribution >= 0.6 is 0 Å². The molecule has 0 spiro atoms. The van der Waals surface area contributed by atoms with Crippen LogP contribution in [0.1, 0.15) is 110 Å². The van der Waals surface area contributed by atoms with Crippen LogP contribution in [-0.2, 0) is 4.79 Å². The summed E-state index contributed by atoms with van der Waals surface area (Å²) < 4.78 is 0. The maximum absolute atomic E-state index is 10.1. The van der Waals surface area contributed by atoms with Gasteiger partial charge in [0.25, 0.3) is 0 Å². The number of unbranched alkanes of at least 4 members (excludes halogenated alkanes) is 14. The highest BCUT2D eigenvalue weighted by atomic mass is 16.1. The van der Waals surface area contributed by atoms with Gasteiger partial charge >= 0.3 is 0 Å². The second-order valence-corrected chi connectivity index (χ2v) is 6.25. The van der Waals surface area contributed by atoms with E-state index in [0.717, 1.165) is 19.1 Å². The number of aldehydes is 1. The summed E-state index contributed by atoms with van der Waals surface area (Å²) in [5.74, 6) is 0. The molecule has 0 aliphatic rings. The van der Waals surface area contributed by atoms with Crippen molar-refractivity contribution in [2.75, 3.05) is 0 Å². The van der Waals surface area contributed by atoms with Crippen LogP contribution in [0.3, 0.4) is 0 Å². The fourth-order valence-corrected chi connectivity index (χ4v) is 2.66. The molecule has 0 aliphatic heterocycles. The number of carbonyl (C=O) groups is 1. The number of hydrogen-bond donors (Lipinski definition) is 0.